The molecule has 0 bridgehead atoms. The van der Waals surface area contributed by atoms with E-state index in [0.717, 1.165) is 5.69 Å². The molecule has 1 aromatic rings. The molecule has 122 valence electrons. The summed E-state index contributed by atoms with van der Waals surface area (Å²) >= 11 is 0. The third-order valence-electron chi connectivity index (χ3n) is 2.76. The summed E-state index contributed by atoms with van der Waals surface area (Å²) in [4.78, 5) is 22.9. The van der Waals surface area contributed by atoms with Crippen LogP contribution in [-0.4, -0.2) is 43.6 Å². The molecule has 1 aromatic carbocycles. The van der Waals surface area contributed by atoms with Crippen LogP contribution in [0.1, 0.15) is 30.1 Å². The van der Waals surface area contributed by atoms with E-state index in [1.54, 1.807) is 31.2 Å². The first-order valence-electron chi connectivity index (χ1n) is 6.79. The number of benzene rings is 1. The van der Waals surface area contributed by atoms with Gasteiger partial charge < -0.3 is 10.1 Å². The standard InChI is InChI=1S/C14H19NO6S/c1-2-21-14(17)7-9-15-12-5-3-11(4-6-12)13(16)8-10-22(18,19)20/h3-6,15H,2,7-10H2,1H3,(H,18,19,20). The molecule has 0 heterocycles. The molecular formula is C14H19NO6S. The van der Waals surface area contributed by atoms with Crippen molar-refractivity contribution in [1.29, 1.82) is 0 Å². The highest BCUT2D eigenvalue weighted by molar-refractivity contribution is 7.85. The summed E-state index contributed by atoms with van der Waals surface area (Å²) in [5, 5.41) is 3.01. The largest absolute Gasteiger partial charge is 0.466 e. The number of carbonyl (C=O) groups excluding carboxylic acids is 2. The molecule has 0 saturated carbocycles. The van der Waals surface area contributed by atoms with Crippen LogP contribution >= 0.6 is 0 Å². The number of hydrogen-bond donors (Lipinski definition) is 2. The molecule has 0 radical (unpaired) electrons. The maximum absolute atomic E-state index is 11.7. The monoisotopic (exact) mass is 329 g/mol. The van der Waals surface area contributed by atoms with Crippen molar-refractivity contribution in [2.45, 2.75) is 19.8 Å². The van der Waals surface area contributed by atoms with E-state index in [0.29, 0.717) is 18.7 Å². The van der Waals surface area contributed by atoms with Crippen molar-refractivity contribution < 1.29 is 27.3 Å². The van der Waals surface area contributed by atoms with Crippen LogP contribution in [0, 0.1) is 0 Å². The Morgan fingerprint density at radius 3 is 2.36 bits per heavy atom. The van der Waals surface area contributed by atoms with E-state index in [1.807, 2.05) is 0 Å². The molecule has 0 amide bonds. The van der Waals surface area contributed by atoms with Gasteiger partial charge in [-0.1, -0.05) is 0 Å². The summed E-state index contributed by atoms with van der Waals surface area (Å²) in [7, 11) is -4.14. The van der Waals surface area contributed by atoms with Crippen LogP contribution < -0.4 is 5.32 Å². The lowest BCUT2D eigenvalue weighted by Crippen LogP contribution is -2.12. The van der Waals surface area contributed by atoms with Crippen LogP contribution in [0.25, 0.3) is 0 Å². The Kier molecular flexibility index (Phi) is 7.00. The molecule has 22 heavy (non-hydrogen) atoms. The molecule has 0 atom stereocenters. The predicted molar refractivity (Wildman–Crippen MR) is 81.5 cm³/mol. The third kappa shape index (κ3) is 7.19. The summed E-state index contributed by atoms with van der Waals surface area (Å²) in [5.74, 6) is -1.24. The number of Topliss-reactive ketones (excluding diaryl/α,β-unsaturated/α-hetero) is 1. The molecule has 8 heteroatoms. The highest BCUT2D eigenvalue weighted by Crippen LogP contribution is 2.11. The van der Waals surface area contributed by atoms with Crippen LogP contribution in [0.15, 0.2) is 24.3 Å². The molecule has 0 spiro atoms. The van der Waals surface area contributed by atoms with E-state index in [1.165, 1.54) is 0 Å². The Morgan fingerprint density at radius 1 is 1.18 bits per heavy atom. The lowest BCUT2D eigenvalue weighted by atomic mass is 10.1. The molecule has 0 aliphatic heterocycles. The summed E-state index contributed by atoms with van der Waals surface area (Å²) in [5.41, 5.74) is 1.09. The van der Waals surface area contributed by atoms with E-state index in [-0.39, 0.29) is 24.6 Å². The highest BCUT2D eigenvalue weighted by Gasteiger charge is 2.11. The fraction of sp³-hybridized carbons (Fsp3) is 0.429. The first-order valence-corrected chi connectivity index (χ1v) is 8.40. The van der Waals surface area contributed by atoms with E-state index in [4.69, 9.17) is 9.29 Å². The minimum Gasteiger partial charge on any atom is -0.466 e. The van der Waals surface area contributed by atoms with Gasteiger partial charge in [0.15, 0.2) is 5.78 Å². The molecule has 7 nitrogen and oxygen atoms in total. The summed E-state index contributed by atoms with van der Waals surface area (Å²) in [6.07, 6.45) is -0.0304. The van der Waals surface area contributed by atoms with Crippen molar-refractivity contribution in [1.82, 2.24) is 0 Å². The van der Waals surface area contributed by atoms with Gasteiger partial charge in [-0.2, -0.15) is 8.42 Å². The Morgan fingerprint density at radius 2 is 1.82 bits per heavy atom. The second-order valence-electron chi connectivity index (χ2n) is 4.52. The normalized spacial score (nSPS) is 11.0. The molecule has 0 fully saturated rings. The summed E-state index contributed by atoms with van der Waals surface area (Å²) < 4.78 is 34.6. The van der Waals surface area contributed by atoms with Crippen molar-refractivity contribution in [3.63, 3.8) is 0 Å². The fourth-order valence-corrected chi connectivity index (χ4v) is 2.13. The van der Waals surface area contributed by atoms with Crippen LogP contribution in [0.3, 0.4) is 0 Å². The third-order valence-corrected chi connectivity index (χ3v) is 3.48. The Balaban J connectivity index is 2.45. The lowest BCUT2D eigenvalue weighted by molar-refractivity contribution is -0.142. The zero-order valence-corrected chi connectivity index (χ0v) is 13.1. The van der Waals surface area contributed by atoms with E-state index in [9.17, 15) is 18.0 Å². The Labute approximate surface area is 129 Å². The van der Waals surface area contributed by atoms with Gasteiger partial charge in [-0.3, -0.25) is 14.1 Å². The first-order chi connectivity index (χ1) is 10.3. The van der Waals surface area contributed by atoms with Gasteiger partial charge in [0.2, 0.25) is 0 Å². The quantitative estimate of drug-likeness (QED) is 0.401. The van der Waals surface area contributed by atoms with Crippen molar-refractivity contribution in [2.75, 3.05) is 24.2 Å². The molecule has 0 unspecified atom stereocenters. The van der Waals surface area contributed by atoms with Crippen LogP contribution in [0.4, 0.5) is 5.69 Å². The zero-order chi connectivity index (χ0) is 16.6. The highest BCUT2D eigenvalue weighted by atomic mass is 32.2. The number of ketones is 1. The van der Waals surface area contributed by atoms with Crippen LogP contribution in [0.5, 0.6) is 0 Å². The second-order valence-corrected chi connectivity index (χ2v) is 6.09. The topological polar surface area (TPSA) is 110 Å². The van der Waals surface area contributed by atoms with Crippen molar-refractivity contribution in [3.8, 4) is 0 Å². The number of rotatable bonds is 9. The molecule has 2 N–H and O–H groups in total. The number of nitrogens with one attached hydrogen (secondary N) is 1. The molecule has 0 saturated heterocycles. The van der Waals surface area contributed by atoms with Gasteiger partial charge in [-0.05, 0) is 31.2 Å². The second kappa shape index (κ2) is 8.50. The summed E-state index contributed by atoms with van der Waals surface area (Å²) in [6, 6.07) is 6.43. The lowest BCUT2D eigenvalue weighted by Gasteiger charge is -2.07. The van der Waals surface area contributed by atoms with E-state index < -0.39 is 15.9 Å². The average molecular weight is 329 g/mol. The molecule has 0 aliphatic carbocycles. The predicted octanol–water partition coefficient (Wildman–Crippen LogP) is 1.51. The maximum atomic E-state index is 11.7. The number of carbonyl (C=O) groups is 2. The zero-order valence-electron chi connectivity index (χ0n) is 12.2. The Hall–Kier alpha value is -1.93. The SMILES string of the molecule is CCOC(=O)CCNc1ccc(C(=O)CCS(=O)(=O)O)cc1. The molecular weight excluding hydrogens is 310 g/mol. The van der Waals surface area contributed by atoms with Gasteiger partial charge >= 0.3 is 5.97 Å². The minimum atomic E-state index is -4.14. The summed E-state index contributed by atoms with van der Waals surface area (Å²) in [6.45, 7) is 2.50. The smallest absolute Gasteiger partial charge is 0.307 e. The van der Waals surface area contributed by atoms with Gasteiger partial charge in [-0.25, -0.2) is 0 Å². The van der Waals surface area contributed by atoms with Crippen molar-refractivity contribution >= 4 is 27.6 Å². The number of esters is 1. The molecule has 1 rings (SSSR count). The molecule has 0 aromatic heterocycles. The van der Waals surface area contributed by atoms with Crippen LogP contribution in [0.2, 0.25) is 0 Å². The van der Waals surface area contributed by atoms with Gasteiger partial charge in [0, 0.05) is 24.2 Å². The van der Waals surface area contributed by atoms with Gasteiger partial charge in [0.05, 0.1) is 18.8 Å². The van der Waals surface area contributed by atoms with Crippen molar-refractivity contribution in [3.05, 3.63) is 29.8 Å². The average Bonchev–Trinajstić information content (AvgIpc) is 2.45. The number of hydrogen-bond acceptors (Lipinski definition) is 6. The van der Waals surface area contributed by atoms with Gasteiger partial charge in [0.1, 0.15) is 0 Å². The number of ether oxygens (including phenoxy) is 1. The maximum Gasteiger partial charge on any atom is 0.307 e. The van der Waals surface area contributed by atoms with Crippen LogP contribution in [-0.2, 0) is 19.6 Å². The number of anilines is 1. The van der Waals surface area contributed by atoms with E-state index >= 15 is 0 Å². The van der Waals surface area contributed by atoms with Gasteiger partial charge in [-0.15, -0.1) is 0 Å². The van der Waals surface area contributed by atoms with E-state index in [2.05, 4.69) is 5.32 Å². The first kappa shape index (κ1) is 18.1. The minimum absolute atomic E-state index is 0.239. The van der Waals surface area contributed by atoms with Gasteiger partial charge in [0.25, 0.3) is 10.1 Å². The molecule has 0 aliphatic rings. The van der Waals surface area contributed by atoms with Crippen molar-refractivity contribution in [2.24, 2.45) is 0 Å². The Bertz CT molecular complexity index is 609. The fourth-order valence-electron chi connectivity index (χ4n) is 1.68.